The van der Waals surface area contributed by atoms with Gasteiger partial charge in [-0.05, 0) is 159 Å². The van der Waals surface area contributed by atoms with E-state index in [2.05, 4.69) is 16.0 Å². The monoisotopic (exact) mass is 1480 g/mol. The van der Waals surface area contributed by atoms with Gasteiger partial charge < -0.3 is 60.0 Å². The standard InChI is InChI=1S/C73H117Cl2F3N12O12/c1-14-44(5)60-69(100)83(9)46(7)64(95)90-37-31-54(90)67(98)85(11)56(40-48-23-27-49(74)28-24-48)66(97)82(8)42-58(91)79-52(30-26-47-25-29-50(51(75)39-47)73(76,77)78)65(96)89-36-21-22-53(89)63(94)81-72(32-17-18-33-72)71(102)87(13)61(45(6)15-2)70(101)86(12)57(68(99)88-34-19-16-20-35-88)41-59(92)84(10)55(38-43(3)4)62(93)80-60/h43-57,60-61H,14-42H2,1-13H3,(H,79,91)(H,80,93)(H,81,94)/t44-,45-,46-,47?,48?,49?,50?,51?,52-,53-,54-,55-,56-,57-,60-,61-/m0/s1. The van der Waals surface area contributed by atoms with E-state index in [0.29, 0.717) is 83.7 Å². The minimum atomic E-state index is -4.51. The molecule has 0 radical (unpaired) electrons. The largest absolute Gasteiger partial charge is 0.393 e. The molecule has 3 saturated carbocycles. The van der Waals surface area contributed by atoms with Gasteiger partial charge in [-0.15, -0.1) is 23.2 Å². The van der Waals surface area contributed by atoms with E-state index in [1.165, 1.54) is 83.5 Å². The molecule has 4 aliphatic heterocycles. The number of carbonyl (C=O) groups excluding carboxylic acids is 12. The molecule has 3 aliphatic carbocycles. The number of rotatable bonds is 12. The van der Waals surface area contributed by atoms with E-state index >= 15 is 33.6 Å². The van der Waals surface area contributed by atoms with E-state index in [-0.39, 0.29) is 107 Å². The van der Waals surface area contributed by atoms with Gasteiger partial charge in [0, 0.05) is 79.2 Å². The van der Waals surface area contributed by atoms with Crippen LogP contribution in [0.5, 0.6) is 0 Å². The van der Waals surface area contributed by atoms with Crippen molar-refractivity contribution in [2.45, 2.75) is 279 Å². The molecule has 3 N–H and O–H groups in total. The summed E-state index contributed by atoms with van der Waals surface area (Å²) < 4.78 is 42.1. The second-order valence-corrected chi connectivity index (χ2v) is 32.5. The zero-order chi connectivity index (χ0) is 75.6. The zero-order valence-electron chi connectivity index (χ0n) is 62.6. The van der Waals surface area contributed by atoms with Crippen molar-refractivity contribution in [3.63, 3.8) is 0 Å². The van der Waals surface area contributed by atoms with Crippen LogP contribution in [0.25, 0.3) is 0 Å². The Bertz CT molecular complexity index is 3000. The first kappa shape index (κ1) is 83.3. The topological polar surface area (TPSA) is 270 Å². The predicted molar refractivity (Wildman–Crippen MR) is 380 cm³/mol. The van der Waals surface area contributed by atoms with Crippen LogP contribution in [0, 0.1) is 35.5 Å². The number of nitrogens with one attached hydrogen (secondary N) is 3. The number of alkyl halides is 5. The van der Waals surface area contributed by atoms with Crippen LogP contribution in [0.4, 0.5) is 13.2 Å². The number of likely N-dealkylation sites (tertiary alicyclic amines) is 1. The Hall–Kier alpha value is -5.99. The first-order valence-electron chi connectivity index (χ1n) is 37.7. The summed E-state index contributed by atoms with van der Waals surface area (Å²) in [5.74, 6) is -10.9. The van der Waals surface area contributed by atoms with Gasteiger partial charge in [0.1, 0.15) is 59.9 Å². The summed E-state index contributed by atoms with van der Waals surface area (Å²) in [5, 5.41) is 7.54. The molecule has 0 aromatic carbocycles. The maximum Gasteiger partial charge on any atom is 0.393 e. The minimum Gasteiger partial charge on any atom is -0.343 e. The van der Waals surface area contributed by atoms with E-state index in [0.717, 1.165) is 11.3 Å². The molecule has 12 amide bonds. The molecule has 7 fully saturated rings. The molecule has 102 heavy (non-hydrogen) atoms. The zero-order valence-corrected chi connectivity index (χ0v) is 64.1. The molecule has 4 heterocycles. The smallest absolute Gasteiger partial charge is 0.343 e. The molecule has 29 heteroatoms. The van der Waals surface area contributed by atoms with Crippen LogP contribution >= 0.6 is 23.2 Å². The van der Waals surface area contributed by atoms with Crippen LogP contribution in [-0.2, 0) is 57.5 Å². The maximum absolute atomic E-state index is 15.6. The van der Waals surface area contributed by atoms with Crippen LogP contribution in [0.1, 0.15) is 203 Å². The highest BCUT2D eigenvalue weighted by Gasteiger charge is 2.53. The fourth-order valence-electron chi connectivity index (χ4n) is 16.5. The van der Waals surface area contributed by atoms with Crippen molar-refractivity contribution >= 4 is 94.1 Å². The summed E-state index contributed by atoms with van der Waals surface area (Å²) in [6, 6.07) is -10.9. The van der Waals surface area contributed by atoms with Crippen molar-refractivity contribution in [1.29, 1.82) is 0 Å². The molecule has 576 valence electrons. The van der Waals surface area contributed by atoms with Gasteiger partial charge in [0.25, 0.3) is 0 Å². The average Bonchev–Trinajstić information content (AvgIpc) is 1.39. The molecule has 7 rings (SSSR count). The molecular weight excluding hydrogens is 1360 g/mol. The summed E-state index contributed by atoms with van der Waals surface area (Å²) >= 11 is 13.0. The summed E-state index contributed by atoms with van der Waals surface area (Å²) in [4.78, 5) is 193. The van der Waals surface area contributed by atoms with Gasteiger partial charge in [-0.25, -0.2) is 0 Å². The van der Waals surface area contributed by atoms with Gasteiger partial charge in [-0.2, -0.15) is 13.2 Å². The Kier molecular flexibility index (Phi) is 29.7. The Labute approximate surface area is 612 Å². The highest BCUT2D eigenvalue weighted by molar-refractivity contribution is 6.21. The number of halogens is 5. The number of fused-ring (bicyclic) bond motifs is 2. The molecule has 4 saturated heterocycles. The van der Waals surface area contributed by atoms with E-state index in [1.807, 2.05) is 27.7 Å². The van der Waals surface area contributed by atoms with E-state index < -0.39 is 173 Å². The third kappa shape index (κ3) is 19.7. The quantitative estimate of drug-likeness (QED) is 0.172. The first-order chi connectivity index (χ1) is 48.0. The van der Waals surface area contributed by atoms with Crippen molar-refractivity contribution in [3.05, 3.63) is 0 Å². The summed E-state index contributed by atoms with van der Waals surface area (Å²) in [6.45, 7) is 12.9. The van der Waals surface area contributed by atoms with Crippen molar-refractivity contribution in [1.82, 2.24) is 60.0 Å². The summed E-state index contributed by atoms with van der Waals surface area (Å²) in [6.07, 6.45) is 2.98. The highest BCUT2D eigenvalue weighted by atomic mass is 35.5. The van der Waals surface area contributed by atoms with Gasteiger partial charge in [0.2, 0.25) is 70.9 Å². The van der Waals surface area contributed by atoms with Crippen LogP contribution in [-0.4, -0.2) is 267 Å². The number of piperidine rings is 1. The average molecular weight is 1480 g/mol. The van der Waals surface area contributed by atoms with Crippen molar-refractivity contribution in [2.24, 2.45) is 35.5 Å². The molecule has 0 aromatic heterocycles. The fraction of sp³-hybridized carbons (Fsp3) is 0.836. The van der Waals surface area contributed by atoms with Gasteiger partial charge in [0.05, 0.1) is 18.9 Å². The van der Waals surface area contributed by atoms with Crippen molar-refractivity contribution in [2.75, 3.05) is 75.0 Å². The lowest BCUT2D eigenvalue weighted by Crippen LogP contribution is -2.65. The second kappa shape index (κ2) is 36.3. The second-order valence-electron chi connectivity index (χ2n) is 31.3. The third-order valence-electron chi connectivity index (χ3n) is 23.9. The predicted octanol–water partition coefficient (Wildman–Crippen LogP) is 6.70. The van der Waals surface area contributed by atoms with Gasteiger partial charge in [-0.3, -0.25) is 57.5 Å². The van der Waals surface area contributed by atoms with Gasteiger partial charge >= 0.3 is 6.18 Å². The van der Waals surface area contributed by atoms with Gasteiger partial charge in [-0.1, -0.05) is 67.2 Å². The molecule has 0 bridgehead atoms. The first-order valence-corrected chi connectivity index (χ1v) is 38.6. The number of likely N-dealkylation sites (N-methyl/N-ethyl adjacent to an activating group) is 6. The van der Waals surface area contributed by atoms with E-state index in [9.17, 15) is 37.1 Å². The van der Waals surface area contributed by atoms with E-state index in [1.54, 1.807) is 18.7 Å². The SMILES string of the molecule is CC[C@H](C)[C@@H]1NC(=O)[C@H](CC(C)C)N(C)C(=O)C[C@@H](C(=O)N2CCCCC2)N(C)C(=O)[C@H]([C@@H](C)CC)N(C)C(=O)C2(CCCC2)NC(=O)[C@@H]2CCCN2C(=O)[C@H](CCC2CCC(C(F)(F)F)C(Cl)C2)NC(=O)CN(C)C(=O)[C@H](CC2CCC(Cl)CC2)N(C)C(=O)[C@@H]2CCN2C(=O)[C@H](C)N(C)C1=O. The lowest BCUT2D eigenvalue weighted by atomic mass is 9.78. The summed E-state index contributed by atoms with van der Waals surface area (Å²) in [7, 11) is 8.66. The fourth-order valence-corrected chi connectivity index (χ4v) is 17.3. The lowest BCUT2D eigenvalue weighted by molar-refractivity contribution is -0.182. The third-order valence-corrected chi connectivity index (χ3v) is 24.8. The van der Waals surface area contributed by atoms with Crippen LogP contribution in [0.15, 0.2) is 0 Å². The van der Waals surface area contributed by atoms with Crippen LogP contribution in [0.3, 0.4) is 0 Å². The number of carbonyl (C=O) groups is 12. The number of amides is 12. The molecule has 14 atom stereocenters. The van der Waals surface area contributed by atoms with Crippen LogP contribution in [0.2, 0.25) is 0 Å². The number of hydrogen-bond donors (Lipinski definition) is 3. The summed E-state index contributed by atoms with van der Waals surface area (Å²) in [5.41, 5.74) is -1.57. The molecule has 24 nitrogen and oxygen atoms in total. The molecule has 7 aliphatic rings. The van der Waals surface area contributed by atoms with Gasteiger partial charge in [0.15, 0.2) is 0 Å². The minimum absolute atomic E-state index is 0.00712. The Balaban J connectivity index is 1.28. The van der Waals surface area contributed by atoms with E-state index in [4.69, 9.17) is 23.2 Å². The molecule has 0 aromatic rings. The number of nitrogens with zero attached hydrogens (tertiary/aromatic N) is 9. The molecule has 1 spiro atoms. The van der Waals surface area contributed by atoms with Crippen LogP contribution < -0.4 is 16.0 Å². The Morgan fingerprint density at radius 3 is 1.78 bits per heavy atom. The number of hydrogen-bond acceptors (Lipinski definition) is 12. The Morgan fingerprint density at radius 2 is 1.21 bits per heavy atom. The lowest BCUT2D eigenvalue weighted by Gasteiger charge is -2.45. The Morgan fingerprint density at radius 1 is 0.588 bits per heavy atom. The normalized spacial score (nSPS) is 32.1. The highest BCUT2D eigenvalue weighted by Crippen LogP contribution is 2.44. The maximum atomic E-state index is 15.6. The van der Waals surface area contributed by atoms with Crippen molar-refractivity contribution < 1.29 is 70.7 Å². The molecule has 3 unspecified atom stereocenters. The van der Waals surface area contributed by atoms with Crippen molar-refractivity contribution in [3.8, 4) is 0 Å². The molecular formula is C73H117Cl2F3N12O12.